The van der Waals surface area contributed by atoms with Gasteiger partial charge in [-0.05, 0) is 36.6 Å². The molecular formula is C19H19F3N2O. The lowest BCUT2D eigenvalue weighted by atomic mass is 10.00. The summed E-state index contributed by atoms with van der Waals surface area (Å²) in [4.78, 5) is 0. The SMILES string of the molecule is CCCCCc1ccc(O)c(-c2n[nH]c3c(C(F)(F)F)cccc23)c1. The Hall–Kier alpha value is -2.50. The normalized spacial score (nSPS) is 12.0. The molecule has 0 saturated heterocycles. The lowest BCUT2D eigenvalue weighted by molar-refractivity contribution is -0.136. The molecular weight excluding hydrogens is 329 g/mol. The summed E-state index contributed by atoms with van der Waals surface area (Å²) in [5.74, 6) is 0.00468. The molecule has 3 aromatic rings. The van der Waals surface area contributed by atoms with Crippen molar-refractivity contribution in [3.05, 3.63) is 47.5 Å². The van der Waals surface area contributed by atoms with E-state index in [1.165, 1.54) is 6.07 Å². The number of fused-ring (bicyclic) bond motifs is 1. The number of hydrogen-bond acceptors (Lipinski definition) is 2. The van der Waals surface area contributed by atoms with Gasteiger partial charge in [0, 0.05) is 10.9 Å². The van der Waals surface area contributed by atoms with Gasteiger partial charge in [0.25, 0.3) is 0 Å². The fourth-order valence-electron chi connectivity index (χ4n) is 2.99. The molecule has 0 amide bonds. The molecule has 0 spiro atoms. The van der Waals surface area contributed by atoms with Gasteiger partial charge in [-0.25, -0.2) is 0 Å². The molecule has 1 heterocycles. The number of halogens is 3. The summed E-state index contributed by atoms with van der Waals surface area (Å²) < 4.78 is 39.4. The third kappa shape index (κ3) is 3.48. The quantitative estimate of drug-likeness (QED) is 0.582. The second-order valence-electron chi connectivity index (χ2n) is 6.11. The van der Waals surface area contributed by atoms with Crippen LogP contribution in [-0.2, 0) is 12.6 Å². The van der Waals surface area contributed by atoms with E-state index in [0.717, 1.165) is 37.3 Å². The molecule has 25 heavy (non-hydrogen) atoms. The maximum Gasteiger partial charge on any atom is 0.418 e. The molecule has 2 aromatic carbocycles. The minimum atomic E-state index is -4.46. The van der Waals surface area contributed by atoms with Crippen LogP contribution in [0.4, 0.5) is 13.2 Å². The number of hydrogen-bond donors (Lipinski definition) is 2. The highest BCUT2D eigenvalue weighted by atomic mass is 19.4. The van der Waals surface area contributed by atoms with Crippen molar-refractivity contribution in [3.63, 3.8) is 0 Å². The molecule has 0 unspecified atom stereocenters. The highest BCUT2D eigenvalue weighted by molar-refractivity contribution is 5.96. The number of H-pyrrole nitrogens is 1. The minimum absolute atomic E-state index is 0.00468. The van der Waals surface area contributed by atoms with E-state index in [9.17, 15) is 18.3 Å². The van der Waals surface area contributed by atoms with Gasteiger partial charge in [0.05, 0.1) is 11.1 Å². The minimum Gasteiger partial charge on any atom is -0.507 e. The smallest absolute Gasteiger partial charge is 0.418 e. The van der Waals surface area contributed by atoms with E-state index in [0.29, 0.717) is 16.6 Å². The van der Waals surface area contributed by atoms with Crippen LogP contribution in [0, 0.1) is 0 Å². The topological polar surface area (TPSA) is 48.9 Å². The van der Waals surface area contributed by atoms with Gasteiger partial charge in [0.15, 0.2) is 0 Å². The number of aryl methyl sites for hydroxylation is 1. The highest BCUT2D eigenvalue weighted by Crippen LogP contribution is 2.39. The van der Waals surface area contributed by atoms with Crippen LogP contribution in [0.5, 0.6) is 5.75 Å². The summed E-state index contributed by atoms with van der Waals surface area (Å²) in [6.45, 7) is 2.12. The van der Waals surface area contributed by atoms with E-state index < -0.39 is 11.7 Å². The molecule has 3 nitrogen and oxygen atoms in total. The summed E-state index contributed by atoms with van der Waals surface area (Å²) in [5.41, 5.74) is 0.975. The van der Waals surface area contributed by atoms with E-state index in [2.05, 4.69) is 17.1 Å². The first-order chi connectivity index (χ1) is 11.9. The number of phenolic OH excluding ortho intramolecular Hbond substituents is 1. The number of phenols is 1. The molecule has 0 aliphatic rings. The maximum atomic E-state index is 13.1. The number of nitrogens with zero attached hydrogens (tertiary/aromatic N) is 1. The molecule has 6 heteroatoms. The van der Waals surface area contributed by atoms with Gasteiger partial charge in [0.1, 0.15) is 11.4 Å². The van der Waals surface area contributed by atoms with E-state index >= 15 is 0 Å². The molecule has 1 aromatic heterocycles. The molecule has 0 saturated carbocycles. The first-order valence-corrected chi connectivity index (χ1v) is 8.28. The van der Waals surface area contributed by atoms with Crippen LogP contribution in [-0.4, -0.2) is 15.3 Å². The lowest BCUT2D eigenvalue weighted by Gasteiger charge is -2.08. The number of para-hydroxylation sites is 1. The highest BCUT2D eigenvalue weighted by Gasteiger charge is 2.33. The van der Waals surface area contributed by atoms with E-state index in [1.54, 1.807) is 18.2 Å². The number of aromatic nitrogens is 2. The molecule has 132 valence electrons. The predicted molar refractivity (Wildman–Crippen MR) is 91.4 cm³/mol. The molecule has 0 aliphatic heterocycles. The second kappa shape index (κ2) is 6.78. The van der Waals surface area contributed by atoms with Gasteiger partial charge in [-0.15, -0.1) is 0 Å². The Bertz CT molecular complexity index is 884. The predicted octanol–water partition coefficient (Wildman–Crippen LogP) is 5.69. The monoisotopic (exact) mass is 348 g/mol. The van der Waals surface area contributed by atoms with Crippen molar-refractivity contribution >= 4 is 10.9 Å². The molecule has 0 bridgehead atoms. The van der Waals surface area contributed by atoms with Crippen molar-refractivity contribution in [2.24, 2.45) is 0 Å². The van der Waals surface area contributed by atoms with Crippen LogP contribution in [0.25, 0.3) is 22.2 Å². The van der Waals surface area contributed by atoms with E-state index in [1.807, 2.05) is 6.07 Å². The van der Waals surface area contributed by atoms with Crippen LogP contribution >= 0.6 is 0 Å². The van der Waals surface area contributed by atoms with Crippen LogP contribution in [0.2, 0.25) is 0 Å². The first kappa shape index (κ1) is 17.3. The number of benzene rings is 2. The Kier molecular flexibility index (Phi) is 4.70. The summed E-state index contributed by atoms with van der Waals surface area (Å²) >= 11 is 0. The zero-order valence-electron chi connectivity index (χ0n) is 13.8. The molecule has 0 aliphatic carbocycles. The number of alkyl halides is 3. The second-order valence-corrected chi connectivity index (χ2v) is 6.11. The maximum absolute atomic E-state index is 13.1. The van der Waals surface area contributed by atoms with Crippen LogP contribution < -0.4 is 0 Å². The van der Waals surface area contributed by atoms with Crippen LogP contribution in [0.15, 0.2) is 36.4 Å². The summed E-state index contributed by atoms with van der Waals surface area (Å²) in [6.07, 6.45) is -0.365. The van der Waals surface area contributed by atoms with Gasteiger partial charge in [-0.1, -0.05) is 38.0 Å². The molecule has 0 fully saturated rings. The Morgan fingerprint density at radius 2 is 1.92 bits per heavy atom. The third-order valence-electron chi connectivity index (χ3n) is 4.29. The zero-order valence-corrected chi connectivity index (χ0v) is 13.8. The Balaban J connectivity index is 2.06. The van der Waals surface area contributed by atoms with Gasteiger partial charge >= 0.3 is 6.18 Å². The van der Waals surface area contributed by atoms with Crippen molar-refractivity contribution in [3.8, 4) is 17.0 Å². The number of unbranched alkanes of at least 4 members (excludes halogenated alkanes) is 2. The average molecular weight is 348 g/mol. The summed E-state index contributed by atoms with van der Waals surface area (Å²) in [7, 11) is 0. The zero-order chi connectivity index (χ0) is 18.0. The molecule has 2 N–H and O–H groups in total. The number of aromatic hydroxyl groups is 1. The Morgan fingerprint density at radius 3 is 2.64 bits per heavy atom. The fraction of sp³-hybridized carbons (Fsp3) is 0.316. The molecule has 0 atom stereocenters. The first-order valence-electron chi connectivity index (χ1n) is 8.28. The van der Waals surface area contributed by atoms with Crippen molar-refractivity contribution in [2.45, 2.75) is 38.8 Å². The van der Waals surface area contributed by atoms with Crippen LogP contribution in [0.1, 0.15) is 37.3 Å². The van der Waals surface area contributed by atoms with Crippen molar-refractivity contribution in [1.29, 1.82) is 0 Å². The summed E-state index contributed by atoms with van der Waals surface area (Å²) in [5, 5.41) is 17.1. The van der Waals surface area contributed by atoms with Gasteiger partial charge in [-0.2, -0.15) is 18.3 Å². The lowest BCUT2D eigenvalue weighted by Crippen LogP contribution is -2.05. The summed E-state index contributed by atoms with van der Waals surface area (Å²) in [6, 6.07) is 9.17. The Morgan fingerprint density at radius 1 is 1.12 bits per heavy atom. The van der Waals surface area contributed by atoms with E-state index in [4.69, 9.17) is 0 Å². The number of aromatic amines is 1. The van der Waals surface area contributed by atoms with E-state index in [-0.39, 0.29) is 11.3 Å². The molecule has 0 radical (unpaired) electrons. The van der Waals surface area contributed by atoms with Crippen LogP contribution in [0.3, 0.4) is 0 Å². The third-order valence-corrected chi connectivity index (χ3v) is 4.29. The number of nitrogens with one attached hydrogen (secondary N) is 1. The van der Waals surface area contributed by atoms with Gasteiger partial charge in [0.2, 0.25) is 0 Å². The number of rotatable bonds is 5. The van der Waals surface area contributed by atoms with Crippen molar-refractivity contribution < 1.29 is 18.3 Å². The van der Waals surface area contributed by atoms with Gasteiger partial charge in [-0.3, -0.25) is 5.10 Å². The Labute approximate surface area is 143 Å². The average Bonchev–Trinajstić information content (AvgIpc) is 2.99. The van der Waals surface area contributed by atoms with Crippen molar-refractivity contribution in [1.82, 2.24) is 10.2 Å². The fourth-order valence-corrected chi connectivity index (χ4v) is 2.99. The molecule has 3 rings (SSSR count). The standard InChI is InChI=1S/C19H19F3N2O/c1-2-3-4-6-12-9-10-16(25)14(11-12)17-13-7-5-8-15(19(20,21)22)18(13)24-23-17/h5,7-11,25H,2-4,6H2,1H3,(H,23,24). The van der Waals surface area contributed by atoms with Gasteiger partial charge < -0.3 is 5.11 Å². The largest absolute Gasteiger partial charge is 0.507 e. The van der Waals surface area contributed by atoms with Crippen molar-refractivity contribution in [2.75, 3.05) is 0 Å².